The molecule has 17 rings (SSSR count). The minimum atomic E-state index is 0. The van der Waals surface area contributed by atoms with Gasteiger partial charge in [0.25, 0.3) is 0 Å². The minimum Gasteiger partial charge on any atom is -0.492 e. The van der Waals surface area contributed by atoms with Gasteiger partial charge in [-0.05, 0) is 200 Å². The van der Waals surface area contributed by atoms with Gasteiger partial charge in [-0.3, -0.25) is 0 Å². The molecule has 1 N–H and O–H groups in total. The standard InChI is InChI=1S/C120H161N16O9S4.V/c1-25-128(26-2)57-61-132-81-41-33-37-45-85(81)146-109-97(132)101(138-65-49-73(9)10)89-92(105(109)142-69-53-77(17)18)115-121-113(89)122-116-93-91(103(140-67-51-75(13)14)99-110(106(93)143-70-54-78(19)20)147-86-46-38-35-43-83(86)134(99)63-59-130(29-5)30-6)117(125-116)126-120-96-95(104(141-68-52-76(15)16)100-112(108(96)145-72-56-80(23)24)149-88-48-40-36-44-84(88)135(100)64-60-131(31-7)32-8)119(136(120)137)127-118-94-90(114(123-115)124-118)102(139-66-50-74(11)12)98-111(107(94)144-71-55-79(21)22)148-87-47-39-34-42-82(87)133(98)62-58-129(27-3)28-4;/h33-48,73-80,137H,25-32,49-72H2,1-24H3;/q-1;+2. The van der Waals surface area contributed by atoms with Crippen LogP contribution in [0.5, 0.6) is 46.0 Å². The third kappa shape index (κ3) is 23.9. The van der Waals surface area contributed by atoms with Gasteiger partial charge in [0, 0.05) is 105 Å². The van der Waals surface area contributed by atoms with Crippen LogP contribution in [0.3, 0.4) is 0 Å². The van der Waals surface area contributed by atoms with Crippen molar-refractivity contribution in [1.29, 1.82) is 0 Å². The molecule has 9 heterocycles. The van der Waals surface area contributed by atoms with Crippen LogP contribution in [0.4, 0.5) is 45.5 Å². The Bertz CT molecular complexity index is 6740. The molecular weight excluding hydrogens is 1990 g/mol. The summed E-state index contributed by atoms with van der Waals surface area (Å²) in [6, 6.07) is 34.9. The monoisotopic (exact) mass is 2150 g/mol. The number of hydrogen-bond acceptors (Lipinski definition) is 26. The average molecular weight is 2150 g/mol. The number of benzene rings is 8. The minimum absolute atomic E-state index is 0. The second-order valence-electron chi connectivity index (χ2n) is 43.3. The van der Waals surface area contributed by atoms with Crippen molar-refractivity contribution >= 4 is 137 Å². The molecule has 0 unspecified atom stereocenters. The van der Waals surface area contributed by atoms with E-state index in [4.69, 9.17) is 72.8 Å². The molecule has 8 aromatic carbocycles. The molecule has 11 aromatic rings. The van der Waals surface area contributed by atoms with E-state index >= 15 is 5.21 Å². The molecule has 0 fully saturated rings. The molecular formula is C120H161N16O9S4V+. The summed E-state index contributed by atoms with van der Waals surface area (Å²) < 4.78 is 64.4. The van der Waals surface area contributed by atoms with Gasteiger partial charge in [0.2, 0.25) is 0 Å². The van der Waals surface area contributed by atoms with Crippen LogP contribution in [0.2, 0.25) is 0 Å². The van der Waals surface area contributed by atoms with Crippen molar-refractivity contribution in [2.24, 2.45) is 47.3 Å². The fourth-order valence-corrected chi connectivity index (χ4v) is 24.9. The Kier molecular flexibility index (Phi) is 38.5. The van der Waals surface area contributed by atoms with Crippen LogP contribution < -0.4 is 72.2 Å². The van der Waals surface area contributed by atoms with Gasteiger partial charge in [0.15, 0.2) is 34.5 Å². The average Bonchev–Trinajstić information content (AvgIpc) is 1.52. The first-order valence-corrected chi connectivity index (χ1v) is 58.9. The summed E-state index contributed by atoms with van der Waals surface area (Å²) in [7, 11) is 0. The van der Waals surface area contributed by atoms with E-state index in [1.54, 1.807) is 47.0 Å². The van der Waals surface area contributed by atoms with Gasteiger partial charge < -0.3 is 107 Å². The molecule has 30 heteroatoms. The Morgan fingerprint density at radius 3 is 0.773 bits per heavy atom. The number of hydrogen-bond donors (Lipinski definition) is 1. The summed E-state index contributed by atoms with van der Waals surface area (Å²) in [5.74, 6) is 6.87. The van der Waals surface area contributed by atoms with E-state index in [1.807, 2.05) is 0 Å². The summed E-state index contributed by atoms with van der Waals surface area (Å²) in [5.41, 5.74) is 10.3. The number of para-hydroxylation sites is 4. The van der Waals surface area contributed by atoms with E-state index in [9.17, 15) is 0 Å². The second kappa shape index (κ2) is 51.1. The number of nitrogens with zero attached hydrogens (tertiary/aromatic N) is 16. The third-order valence-corrected chi connectivity index (χ3v) is 33.8. The van der Waals surface area contributed by atoms with Crippen LogP contribution in [0.1, 0.15) is 218 Å². The molecule has 0 saturated heterocycles. The smallest absolute Gasteiger partial charge is 0.492 e. The molecule has 1 radical (unpaired) electrons. The van der Waals surface area contributed by atoms with Crippen molar-refractivity contribution in [3.8, 4) is 91.5 Å². The summed E-state index contributed by atoms with van der Waals surface area (Å²) >= 11 is 6.69. The van der Waals surface area contributed by atoms with Crippen molar-refractivity contribution in [3.05, 3.63) is 97.1 Å². The molecule has 0 amide bonds. The number of aromatic nitrogens is 8. The maximum atomic E-state index is 15.4. The zero-order chi connectivity index (χ0) is 105. The van der Waals surface area contributed by atoms with E-state index in [0.29, 0.717) is 214 Å². The third-order valence-electron chi connectivity index (χ3n) is 29.3. The topological polar surface area (TPSA) is 217 Å². The Hall–Kier alpha value is -9.66. The molecule has 25 nitrogen and oxygen atoms in total. The fourth-order valence-electron chi connectivity index (χ4n) is 20.1. The number of likely N-dealkylation sites (N-methyl/N-ethyl adjacent to an activating group) is 4. The first kappa shape index (κ1) is 113. The van der Waals surface area contributed by atoms with Crippen LogP contribution in [0.15, 0.2) is 136 Å². The number of rotatable bonds is 52. The van der Waals surface area contributed by atoms with Gasteiger partial charge in [0.05, 0.1) is 129 Å². The maximum Gasteiger partial charge on any atom is 2.00 e. The molecule has 3 aromatic heterocycles. The zero-order valence-electron chi connectivity index (χ0n) is 93.4. The summed E-state index contributed by atoms with van der Waals surface area (Å²) in [6.45, 7) is 68.3. The molecule has 6 aliphatic rings. The summed E-state index contributed by atoms with van der Waals surface area (Å²) in [6.07, 6.45) is 5.65. The molecule has 150 heavy (non-hydrogen) atoms. The van der Waals surface area contributed by atoms with Crippen molar-refractivity contribution in [2.45, 2.75) is 257 Å². The Balaban J connectivity index is 0.0000160. The van der Waals surface area contributed by atoms with Crippen LogP contribution >= 0.6 is 47.0 Å². The van der Waals surface area contributed by atoms with Gasteiger partial charge in [-0.15, -0.1) is 0 Å². The predicted molar refractivity (Wildman–Crippen MR) is 615 cm³/mol. The van der Waals surface area contributed by atoms with Crippen LogP contribution in [-0.4, -0.2) is 207 Å². The molecule has 0 aliphatic carbocycles. The predicted octanol–water partition coefficient (Wildman–Crippen LogP) is 28.4. The quantitative estimate of drug-likeness (QED) is 0.0277. The number of ether oxygens (including phenoxy) is 8. The maximum absolute atomic E-state index is 15.4. The van der Waals surface area contributed by atoms with Crippen LogP contribution in [0.25, 0.3) is 89.7 Å². The Morgan fingerprint density at radius 2 is 0.493 bits per heavy atom. The summed E-state index contributed by atoms with van der Waals surface area (Å²) in [5, 5.41) is 17.5. The van der Waals surface area contributed by atoms with E-state index in [1.165, 1.54) is 4.73 Å². The van der Waals surface area contributed by atoms with E-state index in [-0.39, 0.29) is 112 Å². The fraction of sp³-hybridized carbons (Fsp3) is 0.533. The summed E-state index contributed by atoms with van der Waals surface area (Å²) in [4.78, 5) is 71.0. The van der Waals surface area contributed by atoms with E-state index in [2.05, 4.69) is 302 Å². The molecule has 0 atom stereocenters. The molecule has 0 spiro atoms. The largest absolute Gasteiger partial charge is 2.00 e. The Morgan fingerprint density at radius 1 is 0.280 bits per heavy atom. The molecule has 6 aliphatic heterocycles. The van der Waals surface area contributed by atoms with Gasteiger partial charge in [-0.2, -0.15) is 0 Å². The van der Waals surface area contributed by atoms with E-state index in [0.717, 1.165) is 169 Å². The van der Waals surface area contributed by atoms with E-state index < -0.39 is 0 Å². The first-order chi connectivity index (χ1) is 72.1. The van der Waals surface area contributed by atoms with Crippen LogP contribution in [-0.2, 0) is 18.6 Å². The second-order valence-corrected chi connectivity index (χ2v) is 47.5. The molecule has 8 bridgehead atoms. The molecule has 0 saturated carbocycles. The normalized spacial score (nSPS) is 13.4. The number of anilines is 8. The zero-order valence-corrected chi connectivity index (χ0v) is 98.1. The number of fused-ring (bicyclic) bond motifs is 28. The van der Waals surface area contributed by atoms with Crippen molar-refractivity contribution < 1.29 is 66.4 Å². The van der Waals surface area contributed by atoms with Crippen molar-refractivity contribution in [3.63, 3.8) is 0 Å². The SMILES string of the molecule is CCN(CC)CCN1c2ccccc2Sc2c(OCCC(C)C)c3c(c(OCCC(C)C)c21)-c1nc-3nc2[n-]c(nc3[n+](O)c(nc4[n-]c(n1)c1c(OCCC(C)C)c5c(c(OCCC(C)C)c41)N(CCN(CC)CC)c1ccccc1S5)-c1c(OCCC(C)C)c4c(c(OCCC(C)C)c1-3)N(CCN(CC)CC)c1ccccc1S4)c1c(OCCC(C)C)c3c(c(OCCC(C)C)c21)N(CCN(CC)CC)c1ccccc1S3.[V+2]. The van der Waals surface area contributed by atoms with Crippen molar-refractivity contribution in [1.82, 2.24) is 54.5 Å². The van der Waals surface area contributed by atoms with Gasteiger partial charge in [0.1, 0.15) is 51.3 Å². The first-order valence-electron chi connectivity index (χ1n) is 55.7. The van der Waals surface area contributed by atoms with Crippen LogP contribution in [0, 0.1) is 47.3 Å². The van der Waals surface area contributed by atoms with Gasteiger partial charge in [-0.25, -0.2) is 4.98 Å². The van der Waals surface area contributed by atoms with Gasteiger partial charge >= 0.3 is 24.4 Å². The molecule has 803 valence electrons. The Labute approximate surface area is 920 Å². The van der Waals surface area contributed by atoms with Gasteiger partial charge in [-0.1, -0.05) is 271 Å². The van der Waals surface area contributed by atoms with Crippen molar-refractivity contribution in [2.75, 3.05) is 177 Å².